The van der Waals surface area contributed by atoms with Gasteiger partial charge < -0.3 is 10.9 Å². The third-order valence-electron chi connectivity index (χ3n) is 2.30. The van der Waals surface area contributed by atoms with Crippen molar-refractivity contribution >= 4 is 17.6 Å². The number of tetrazole rings is 1. The molecule has 0 unspecified atom stereocenters. The summed E-state index contributed by atoms with van der Waals surface area (Å²) in [5.74, 6) is -0.367. The number of pyridine rings is 1. The first-order valence-corrected chi connectivity index (χ1v) is 6.11. The normalized spacial score (nSPS) is 12.7. The zero-order chi connectivity index (χ0) is 15.6. The van der Waals surface area contributed by atoms with Crippen LogP contribution >= 0.6 is 11.8 Å². The highest BCUT2D eigenvalue weighted by atomic mass is 32.2. The molecule has 0 aliphatic heterocycles. The van der Waals surface area contributed by atoms with Gasteiger partial charge >= 0.3 is 6.18 Å². The van der Waals surface area contributed by atoms with Crippen LogP contribution in [0.25, 0.3) is 0 Å². The Labute approximate surface area is 119 Å². The van der Waals surface area contributed by atoms with Crippen molar-refractivity contribution in [3.8, 4) is 0 Å². The molecule has 8 nitrogen and oxygen atoms in total. The largest absolute Gasteiger partial charge is 0.433 e. The molecule has 2 rings (SSSR count). The van der Waals surface area contributed by atoms with Crippen LogP contribution in [0.1, 0.15) is 11.3 Å². The van der Waals surface area contributed by atoms with E-state index in [-0.39, 0.29) is 21.6 Å². The first kappa shape index (κ1) is 15.0. The molecule has 2 aromatic rings. The number of aromatic nitrogens is 5. The van der Waals surface area contributed by atoms with E-state index < -0.39 is 11.9 Å². The van der Waals surface area contributed by atoms with Gasteiger partial charge in [0.2, 0.25) is 5.16 Å². The molecule has 0 aliphatic rings. The van der Waals surface area contributed by atoms with E-state index in [2.05, 4.69) is 25.7 Å². The van der Waals surface area contributed by atoms with Gasteiger partial charge in [-0.1, -0.05) is 5.16 Å². The summed E-state index contributed by atoms with van der Waals surface area (Å²) in [4.78, 5) is 3.49. The van der Waals surface area contributed by atoms with E-state index in [4.69, 9.17) is 10.9 Å². The summed E-state index contributed by atoms with van der Waals surface area (Å²) < 4.78 is 39.4. The Balaban J connectivity index is 2.51. The molecule has 0 radical (unpaired) electrons. The summed E-state index contributed by atoms with van der Waals surface area (Å²) in [7, 11) is 1.51. The summed E-state index contributed by atoms with van der Waals surface area (Å²) in [6, 6.07) is 1.81. The van der Waals surface area contributed by atoms with Crippen LogP contribution in [0.15, 0.2) is 27.5 Å². The molecule has 2 heterocycles. The van der Waals surface area contributed by atoms with Crippen LogP contribution < -0.4 is 5.73 Å². The number of hydrogen-bond donors (Lipinski definition) is 2. The predicted octanol–water partition coefficient (Wildman–Crippen LogP) is 0.870. The van der Waals surface area contributed by atoms with E-state index >= 15 is 0 Å². The first-order valence-electron chi connectivity index (χ1n) is 5.29. The lowest BCUT2D eigenvalue weighted by atomic mass is 10.2. The van der Waals surface area contributed by atoms with E-state index in [1.807, 2.05) is 0 Å². The fourth-order valence-electron chi connectivity index (χ4n) is 1.32. The minimum absolute atomic E-state index is 0.0403. The molecule has 21 heavy (non-hydrogen) atoms. The molecule has 112 valence electrons. The first-order chi connectivity index (χ1) is 9.82. The van der Waals surface area contributed by atoms with E-state index in [1.165, 1.54) is 11.7 Å². The van der Waals surface area contributed by atoms with Crippen molar-refractivity contribution in [3.63, 3.8) is 0 Å². The van der Waals surface area contributed by atoms with E-state index in [9.17, 15) is 13.2 Å². The minimum atomic E-state index is -4.61. The quantitative estimate of drug-likeness (QED) is 0.373. The van der Waals surface area contributed by atoms with Crippen LogP contribution in [0, 0.1) is 0 Å². The van der Waals surface area contributed by atoms with Crippen molar-refractivity contribution in [2.24, 2.45) is 17.9 Å². The number of nitrogens with two attached hydrogens (primary N) is 1. The molecule has 0 saturated heterocycles. The molecular weight excluding hydrogens is 311 g/mol. The minimum Gasteiger partial charge on any atom is -0.409 e. The van der Waals surface area contributed by atoms with Crippen LogP contribution in [-0.2, 0) is 13.2 Å². The third-order valence-corrected chi connectivity index (χ3v) is 3.34. The average molecular weight is 319 g/mol. The number of nitrogens with zero attached hydrogens (tertiary/aromatic N) is 6. The van der Waals surface area contributed by atoms with E-state index in [1.54, 1.807) is 0 Å². The number of amidine groups is 1. The number of aryl methyl sites for hydroxylation is 1. The molecule has 0 aliphatic carbocycles. The van der Waals surface area contributed by atoms with Crippen LogP contribution in [0.2, 0.25) is 0 Å². The maximum Gasteiger partial charge on any atom is 0.433 e. The lowest BCUT2D eigenvalue weighted by Crippen LogP contribution is -2.17. The molecule has 0 saturated carbocycles. The fourth-order valence-corrected chi connectivity index (χ4v) is 2.16. The molecule has 0 amide bonds. The van der Waals surface area contributed by atoms with Crippen molar-refractivity contribution in [1.29, 1.82) is 0 Å². The van der Waals surface area contributed by atoms with Crippen molar-refractivity contribution < 1.29 is 18.4 Å². The van der Waals surface area contributed by atoms with Gasteiger partial charge in [0, 0.05) is 7.05 Å². The van der Waals surface area contributed by atoms with Crippen LogP contribution in [0.5, 0.6) is 0 Å². The summed E-state index contributed by atoms with van der Waals surface area (Å²) in [6.07, 6.45) is -4.61. The molecule has 0 aromatic carbocycles. The number of rotatable bonds is 3. The molecule has 0 atom stereocenters. The number of alkyl halides is 3. The highest BCUT2D eigenvalue weighted by Gasteiger charge is 2.33. The van der Waals surface area contributed by atoms with Gasteiger partial charge in [-0.15, -0.1) is 5.10 Å². The second-order valence-electron chi connectivity index (χ2n) is 3.72. The van der Waals surface area contributed by atoms with Gasteiger partial charge in [-0.05, 0) is 34.3 Å². The predicted molar refractivity (Wildman–Crippen MR) is 64.7 cm³/mol. The Morgan fingerprint density at radius 3 is 2.67 bits per heavy atom. The lowest BCUT2D eigenvalue weighted by Gasteiger charge is -2.10. The molecule has 0 bridgehead atoms. The van der Waals surface area contributed by atoms with Gasteiger partial charge in [-0.2, -0.15) is 13.2 Å². The highest BCUT2D eigenvalue weighted by Crippen LogP contribution is 2.32. The topological polar surface area (TPSA) is 115 Å². The average Bonchev–Trinajstić information content (AvgIpc) is 2.82. The molecule has 12 heteroatoms. The third kappa shape index (κ3) is 3.21. The van der Waals surface area contributed by atoms with Crippen LogP contribution in [0.3, 0.4) is 0 Å². The summed E-state index contributed by atoms with van der Waals surface area (Å²) in [5.41, 5.74) is 4.37. The Morgan fingerprint density at radius 1 is 1.43 bits per heavy atom. The monoisotopic (exact) mass is 319 g/mol. The Bertz CT molecular complexity index is 684. The van der Waals surface area contributed by atoms with E-state index in [0.29, 0.717) is 0 Å². The van der Waals surface area contributed by atoms with E-state index in [0.717, 1.165) is 23.9 Å². The van der Waals surface area contributed by atoms with Gasteiger partial charge in [0.15, 0.2) is 5.84 Å². The lowest BCUT2D eigenvalue weighted by molar-refractivity contribution is -0.141. The summed E-state index contributed by atoms with van der Waals surface area (Å²) in [6.45, 7) is 0. The second-order valence-corrected chi connectivity index (χ2v) is 4.68. The molecule has 0 fully saturated rings. The Morgan fingerprint density at radius 2 is 2.14 bits per heavy atom. The zero-order valence-electron chi connectivity index (χ0n) is 10.4. The Kier molecular flexibility index (Phi) is 3.97. The molecule has 2 aromatic heterocycles. The molecule has 0 spiro atoms. The van der Waals surface area contributed by atoms with Gasteiger partial charge in [-0.3, -0.25) is 0 Å². The van der Waals surface area contributed by atoms with Gasteiger partial charge in [-0.25, -0.2) is 9.67 Å². The SMILES string of the molecule is Cn1nnnc1Sc1nc(C(F)(F)F)ccc1C(N)=NO. The van der Waals surface area contributed by atoms with Crippen molar-refractivity contribution in [2.75, 3.05) is 0 Å². The van der Waals surface area contributed by atoms with Crippen LogP contribution in [0.4, 0.5) is 13.2 Å². The standard InChI is InChI=1S/C9H8F3N7OS/c1-19-8(15-17-18-19)21-7-4(6(13)16-20)2-3-5(14-7)9(10,11)12/h2-3,20H,1H3,(H2,13,16). The van der Waals surface area contributed by atoms with Crippen molar-refractivity contribution in [2.45, 2.75) is 16.4 Å². The van der Waals surface area contributed by atoms with Gasteiger partial charge in [0.05, 0.1) is 5.56 Å². The fraction of sp³-hybridized carbons (Fsp3) is 0.222. The smallest absolute Gasteiger partial charge is 0.409 e. The second kappa shape index (κ2) is 5.55. The van der Waals surface area contributed by atoms with Gasteiger partial charge in [0.1, 0.15) is 10.7 Å². The van der Waals surface area contributed by atoms with Gasteiger partial charge in [0.25, 0.3) is 0 Å². The summed E-state index contributed by atoms with van der Waals surface area (Å²) in [5, 5.41) is 22.1. The Hall–Kier alpha value is -2.37. The van der Waals surface area contributed by atoms with Crippen LogP contribution in [-0.4, -0.2) is 36.2 Å². The maximum absolute atomic E-state index is 12.7. The number of hydrogen-bond acceptors (Lipinski definition) is 7. The number of halogens is 3. The maximum atomic E-state index is 12.7. The summed E-state index contributed by atoms with van der Waals surface area (Å²) >= 11 is 0.765. The molecule has 3 N–H and O–H groups in total. The van der Waals surface area contributed by atoms with Crippen molar-refractivity contribution in [1.82, 2.24) is 25.2 Å². The number of oxime groups is 1. The van der Waals surface area contributed by atoms with Crippen molar-refractivity contribution in [3.05, 3.63) is 23.4 Å². The highest BCUT2D eigenvalue weighted by molar-refractivity contribution is 7.99. The molecular formula is C9H8F3N7OS. The zero-order valence-corrected chi connectivity index (χ0v) is 11.2.